The number of nitrogens with zero attached hydrogens (tertiary/aromatic N) is 2. The number of nitrogens with one attached hydrogen (secondary N) is 1. The molecule has 0 saturated heterocycles. The number of aromatic nitrogens is 2. The molecule has 1 amide bonds. The lowest BCUT2D eigenvalue weighted by molar-refractivity contribution is -0.118. The predicted molar refractivity (Wildman–Crippen MR) is 103 cm³/mol. The fourth-order valence-corrected chi connectivity index (χ4v) is 2.98. The number of methoxy groups -OCH3 is 1. The largest absolute Gasteiger partial charge is 0.496 e. The molecule has 0 saturated carbocycles. The van der Waals surface area contributed by atoms with Crippen LogP contribution >= 0.6 is 0 Å². The van der Waals surface area contributed by atoms with Gasteiger partial charge in [-0.25, -0.2) is 4.98 Å². The average Bonchev–Trinajstić information content (AvgIpc) is 3.01. The molecule has 0 aliphatic rings. The van der Waals surface area contributed by atoms with Gasteiger partial charge in [0.15, 0.2) is 0 Å². The molecule has 3 aromatic rings. The minimum atomic E-state index is -0.249. The number of carbonyl (C=O) groups is 1. The lowest BCUT2D eigenvalue weighted by atomic mass is 10.2. The summed E-state index contributed by atoms with van der Waals surface area (Å²) in [4.78, 5) is 16.8. The van der Waals surface area contributed by atoms with Crippen LogP contribution in [0.5, 0.6) is 5.75 Å². The van der Waals surface area contributed by atoms with Crippen LogP contribution in [0.1, 0.15) is 31.3 Å². The zero-order chi connectivity index (χ0) is 18.7. The monoisotopic (exact) mass is 349 g/mol. The van der Waals surface area contributed by atoms with E-state index >= 15 is 0 Å². The van der Waals surface area contributed by atoms with E-state index in [0.29, 0.717) is 12.1 Å². The summed E-state index contributed by atoms with van der Waals surface area (Å²) in [6, 6.07) is 15.6. The van der Waals surface area contributed by atoms with Gasteiger partial charge in [0.2, 0.25) is 5.91 Å². The Kier molecular flexibility index (Phi) is 5.07. The molecule has 1 aromatic heterocycles. The topological polar surface area (TPSA) is 56.2 Å². The van der Waals surface area contributed by atoms with Gasteiger partial charge in [-0.3, -0.25) is 4.79 Å². The summed E-state index contributed by atoms with van der Waals surface area (Å²) < 4.78 is 7.61. The Hall–Kier alpha value is -3.08. The van der Waals surface area contributed by atoms with Gasteiger partial charge >= 0.3 is 0 Å². The van der Waals surface area contributed by atoms with Gasteiger partial charge in [0.25, 0.3) is 0 Å². The first-order chi connectivity index (χ1) is 12.5. The van der Waals surface area contributed by atoms with Crippen molar-refractivity contribution in [3.63, 3.8) is 0 Å². The maximum absolute atomic E-state index is 12.0. The third kappa shape index (κ3) is 3.47. The summed E-state index contributed by atoms with van der Waals surface area (Å²) in [7, 11) is 1.67. The fourth-order valence-electron chi connectivity index (χ4n) is 2.98. The molecule has 0 bridgehead atoms. The third-order valence-corrected chi connectivity index (χ3v) is 4.33. The Bertz CT molecular complexity index is 959. The van der Waals surface area contributed by atoms with E-state index in [2.05, 4.69) is 16.5 Å². The highest BCUT2D eigenvalue weighted by Crippen LogP contribution is 2.25. The van der Waals surface area contributed by atoms with E-state index in [-0.39, 0.29) is 11.9 Å². The van der Waals surface area contributed by atoms with E-state index in [1.807, 2.05) is 55.5 Å². The fraction of sp³-hybridized carbons (Fsp3) is 0.238. The Morgan fingerprint density at radius 2 is 1.92 bits per heavy atom. The van der Waals surface area contributed by atoms with E-state index in [1.54, 1.807) is 14.0 Å². The Morgan fingerprint density at radius 1 is 1.23 bits per heavy atom. The summed E-state index contributed by atoms with van der Waals surface area (Å²) in [5.74, 6) is 1.45. The zero-order valence-corrected chi connectivity index (χ0v) is 15.3. The summed E-state index contributed by atoms with van der Waals surface area (Å²) in [5, 5.41) is 2.96. The molecular weight excluding hydrogens is 326 g/mol. The number of hydrogen-bond acceptors (Lipinski definition) is 3. The second-order valence-corrected chi connectivity index (χ2v) is 6.33. The van der Waals surface area contributed by atoms with Gasteiger partial charge in [0.05, 0.1) is 30.7 Å². The molecule has 2 aromatic carbocycles. The van der Waals surface area contributed by atoms with Crippen LogP contribution in [-0.2, 0) is 11.3 Å². The first kappa shape index (κ1) is 17.7. The Labute approximate surface area is 153 Å². The number of imidazole rings is 1. The molecule has 0 radical (unpaired) electrons. The van der Waals surface area contributed by atoms with Gasteiger partial charge in [0.1, 0.15) is 11.6 Å². The van der Waals surface area contributed by atoms with Crippen molar-refractivity contribution in [2.75, 3.05) is 7.11 Å². The maximum Gasteiger partial charge on any atom is 0.246 e. The van der Waals surface area contributed by atoms with Gasteiger partial charge in [-0.15, -0.1) is 0 Å². The molecule has 0 fully saturated rings. The van der Waals surface area contributed by atoms with Crippen LogP contribution in [0, 0.1) is 0 Å². The van der Waals surface area contributed by atoms with Crippen molar-refractivity contribution in [2.24, 2.45) is 0 Å². The SMILES string of the molecule is C=C(C)C(=O)NC(C)c1nc2ccccc2n1Cc1ccccc1OC. The zero-order valence-electron chi connectivity index (χ0n) is 15.3. The summed E-state index contributed by atoms with van der Waals surface area (Å²) in [6.07, 6.45) is 0. The smallest absolute Gasteiger partial charge is 0.246 e. The summed E-state index contributed by atoms with van der Waals surface area (Å²) >= 11 is 0. The molecule has 5 heteroatoms. The normalized spacial score (nSPS) is 12.0. The summed E-state index contributed by atoms with van der Waals surface area (Å²) in [6.45, 7) is 7.93. The van der Waals surface area contributed by atoms with Crippen molar-refractivity contribution in [3.8, 4) is 5.75 Å². The van der Waals surface area contributed by atoms with Crippen LogP contribution in [0.2, 0.25) is 0 Å². The van der Waals surface area contributed by atoms with Gasteiger partial charge in [-0.1, -0.05) is 36.9 Å². The molecule has 3 rings (SSSR count). The number of para-hydroxylation sites is 3. The molecule has 134 valence electrons. The van der Waals surface area contributed by atoms with E-state index in [4.69, 9.17) is 9.72 Å². The number of fused-ring (bicyclic) bond motifs is 1. The van der Waals surface area contributed by atoms with Crippen LogP contribution in [-0.4, -0.2) is 22.6 Å². The molecule has 5 nitrogen and oxygen atoms in total. The van der Waals surface area contributed by atoms with E-state index in [0.717, 1.165) is 28.2 Å². The first-order valence-electron chi connectivity index (χ1n) is 8.54. The molecule has 1 N–H and O–H groups in total. The lowest BCUT2D eigenvalue weighted by Gasteiger charge is -2.17. The van der Waals surface area contributed by atoms with E-state index in [9.17, 15) is 4.79 Å². The molecule has 26 heavy (non-hydrogen) atoms. The average molecular weight is 349 g/mol. The first-order valence-corrected chi connectivity index (χ1v) is 8.54. The van der Waals surface area contributed by atoms with Crippen LogP contribution in [0.4, 0.5) is 0 Å². The second-order valence-electron chi connectivity index (χ2n) is 6.33. The standard InChI is InChI=1S/C21H23N3O2/c1-14(2)21(25)22-15(3)20-23-17-10-6-7-11-18(17)24(20)13-16-9-5-8-12-19(16)26-4/h5-12,15H,1,13H2,2-4H3,(H,22,25). The predicted octanol–water partition coefficient (Wildman–Crippen LogP) is 3.85. The highest BCUT2D eigenvalue weighted by Gasteiger charge is 2.19. The number of rotatable bonds is 6. The lowest BCUT2D eigenvalue weighted by Crippen LogP contribution is -2.29. The van der Waals surface area contributed by atoms with E-state index < -0.39 is 0 Å². The van der Waals surface area contributed by atoms with Gasteiger partial charge < -0.3 is 14.6 Å². The number of benzene rings is 2. The number of amides is 1. The molecule has 1 heterocycles. The molecule has 0 aliphatic heterocycles. The molecule has 0 spiro atoms. The van der Waals surface area contributed by atoms with Crippen LogP contribution in [0.15, 0.2) is 60.7 Å². The number of ether oxygens (including phenoxy) is 1. The van der Waals surface area contributed by atoms with Gasteiger partial charge in [0, 0.05) is 11.1 Å². The van der Waals surface area contributed by atoms with Crippen LogP contribution < -0.4 is 10.1 Å². The molecule has 1 atom stereocenters. The second kappa shape index (κ2) is 7.44. The minimum absolute atomic E-state index is 0.173. The van der Waals surface area contributed by atoms with Crippen molar-refractivity contribution in [1.82, 2.24) is 14.9 Å². The van der Waals surface area contributed by atoms with Crippen LogP contribution in [0.3, 0.4) is 0 Å². The van der Waals surface area contributed by atoms with Crippen molar-refractivity contribution >= 4 is 16.9 Å². The van der Waals surface area contributed by atoms with Crippen molar-refractivity contribution < 1.29 is 9.53 Å². The summed E-state index contributed by atoms with van der Waals surface area (Å²) in [5.41, 5.74) is 3.45. The minimum Gasteiger partial charge on any atom is -0.496 e. The molecule has 1 unspecified atom stereocenters. The Morgan fingerprint density at radius 3 is 2.65 bits per heavy atom. The van der Waals surface area contributed by atoms with Crippen LogP contribution in [0.25, 0.3) is 11.0 Å². The van der Waals surface area contributed by atoms with Crippen molar-refractivity contribution in [2.45, 2.75) is 26.4 Å². The van der Waals surface area contributed by atoms with Gasteiger partial charge in [-0.05, 0) is 32.0 Å². The van der Waals surface area contributed by atoms with E-state index in [1.165, 1.54) is 0 Å². The number of carbonyl (C=O) groups excluding carboxylic acids is 1. The number of hydrogen-bond donors (Lipinski definition) is 1. The molecular formula is C21H23N3O2. The maximum atomic E-state index is 12.0. The molecule has 0 aliphatic carbocycles. The quantitative estimate of drug-likeness (QED) is 0.688. The highest BCUT2D eigenvalue weighted by atomic mass is 16.5. The third-order valence-electron chi connectivity index (χ3n) is 4.33. The Balaban J connectivity index is 2.05. The van der Waals surface area contributed by atoms with Gasteiger partial charge in [-0.2, -0.15) is 0 Å². The highest BCUT2D eigenvalue weighted by molar-refractivity contribution is 5.92. The van der Waals surface area contributed by atoms with Crippen molar-refractivity contribution in [1.29, 1.82) is 0 Å². The van der Waals surface area contributed by atoms with Crippen molar-refractivity contribution in [3.05, 3.63) is 72.1 Å².